The third-order valence-corrected chi connectivity index (χ3v) is 3.18. The number of anilines is 1. The molecule has 0 unspecified atom stereocenters. The van der Waals surface area contributed by atoms with Crippen LogP contribution in [0.15, 0.2) is 18.2 Å². The lowest BCUT2D eigenvalue weighted by atomic mass is 10.1. The molecular weight excluding hydrogens is 269 g/mol. The first-order valence-electron chi connectivity index (χ1n) is 5.76. The first-order valence-corrected chi connectivity index (χ1v) is 6.57. The number of carboxylic acid groups (broad SMARTS) is 1. The Kier molecular flexibility index (Phi) is 5.42. The summed E-state index contributed by atoms with van der Waals surface area (Å²) in [4.78, 5) is 11.0. The molecule has 0 aromatic heterocycles. The van der Waals surface area contributed by atoms with Crippen LogP contribution in [0.3, 0.4) is 0 Å². The van der Waals surface area contributed by atoms with Gasteiger partial charge in [0.1, 0.15) is 0 Å². The van der Waals surface area contributed by atoms with E-state index in [1.54, 1.807) is 13.8 Å². The monoisotopic (exact) mass is 285 g/mol. The van der Waals surface area contributed by atoms with E-state index in [0.717, 1.165) is 0 Å². The summed E-state index contributed by atoms with van der Waals surface area (Å²) in [7, 11) is -0.442. The molecule has 0 aliphatic heterocycles. The van der Waals surface area contributed by atoms with Crippen LogP contribution in [0.1, 0.15) is 29.8 Å². The molecule has 0 saturated carbocycles. The van der Waals surface area contributed by atoms with Crippen molar-refractivity contribution < 1.29 is 23.9 Å². The highest BCUT2D eigenvalue weighted by Crippen LogP contribution is 2.41. The maximum Gasteiger partial charge on any atom is 0.335 e. The summed E-state index contributed by atoms with van der Waals surface area (Å²) in [5.41, 5.74) is 4.77. The van der Waals surface area contributed by atoms with E-state index in [2.05, 4.69) is 0 Å². The number of carbonyl (C=O) groups is 1. The normalized spacial score (nSPS) is 11.7. The van der Waals surface area contributed by atoms with Gasteiger partial charge in [-0.05, 0) is 32.0 Å². The van der Waals surface area contributed by atoms with Crippen LogP contribution in [0.25, 0.3) is 0 Å². The van der Waals surface area contributed by atoms with Crippen molar-refractivity contribution in [3.8, 4) is 0 Å². The molecule has 1 rings (SSSR count). The van der Waals surface area contributed by atoms with Gasteiger partial charge in [0, 0.05) is 24.5 Å². The van der Waals surface area contributed by atoms with Crippen molar-refractivity contribution in [3.63, 3.8) is 0 Å². The highest BCUT2D eigenvalue weighted by Gasteiger charge is 2.37. The van der Waals surface area contributed by atoms with Crippen molar-refractivity contribution in [2.75, 3.05) is 18.9 Å². The minimum absolute atomic E-state index is 0.0247. The second-order valence-electron chi connectivity index (χ2n) is 3.65. The number of nitrogen functional groups attached to an aromatic ring is 1. The number of hydrogen-bond donors (Lipinski definition) is 2. The van der Waals surface area contributed by atoms with E-state index in [1.807, 2.05) is 0 Å². The van der Waals surface area contributed by atoms with E-state index < -0.39 is 20.0 Å². The average Bonchev–Trinajstić information content (AvgIpc) is 2.38. The van der Waals surface area contributed by atoms with Gasteiger partial charge in [0.2, 0.25) is 8.46 Å². The summed E-state index contributed by atoms with van der Waals surface area (Å²) >= 11 is 0. The van der Waals surface area contributed by atoms with Crippen molar-refractivity contribution in [1.29, 1.82) is 0 Å². The van der Waals surface area contributed by atoms with Crippen LogP contribution in [-0.2, 0) is 19.6 Å². The predicted octanol–water partition coefficient (Wildman–Crippen LogP) is 2.44. The first kappa shape index (κ1) is 15.6. The number of carboxylic acids is 1. The second kappa shape index (κ2) is 6.61. The molecule has 0 fully saturated rings. The van der Waals surface area contributed by atoms with Crippen molar-refractivity contribution >= 4 is 20.1 Å². The lowest BCUT2D eigenvalue weighted by Crippen LogP contribution is -2.28. The molecule has 1 aromatic carbocycles. The molecule has 0 aliphatic rings. The van der Waals surface area contributed by atoms with E-state index in [0.29, 0.717) is 0 Å². The highest BCUT2D eigenvalue weighted by molar-refractivity contribution is 7.25. The van der Waals surface area contributed by atoms with Crippen LogP contribution in [0.2, 0.25) is 0 Å². The minimum atomic E-state index is -1.57. The summed E-state index contributed by atoms with van der Waals surface area (Å²) in [6.07, 6.45) is 0. The maximum absolute atomic E-state index is 11.5. The fraction of sp³-hybridized carbons (Fsp3) is 0.417. The van der Waals surface area contributed by atoms with E-state index in [-0.39, 0.29) is 30.0 Å². The Hall–Kier alpha value is -1.49. The molecule has 0 heterocycles. The molecule has 1 aromatic rings. The van der Waals surface area contributed by atoms with E-state index in [9.17, 15) is 9.36 Å². The molecule has 0 radical (unpaired) electrons. The Balaban J connectivity index is 3.39. The average molecular weight is 285 g/mol. The Morgan fingerprint density at radius 3 is 2.37 bits per heavy atom. The summed E-state index contributed by atoms with van der Waals surface area (Å²) < 4.78 is 22.3. The number of ether oxygens (including phenoxy) is 2. The molecule has 104 valence electrons. The van der Waals surface area contributed by atoms with Crippen molar-refractivity contribution in [2.45, 2.75) is 19.4 Å². The van der Waals surface area contributed by atoms with E-state index in [1.165, 1.54) is 18.2 Å². The van der Waals surface area contributed by atoms with Crippen LogP contribution in [-0.4, -0.2) is 24.3 Å². The third-order valence-electron chi connectivity index (χ3n) is 2.44. The van der Waals surface area contributed by atoms with Gasteiger partial charge in [0.05, 0.1) is 5.56 Å². The maximum atomic E-state index is 11.5. The van der Waals surface area contributed by atoms with Crippen LogP contribution in [0.4, 0.5) is 5.69 Å². The Labute approximate surface area is 112 Å². The number of aromatic carboxylic acids is 1. The molecule has 0 atom stereocenters. The Bertz CT molecular complexity index is 471. The number of hydrogen-bond acceptors (Lipinski definition) is 5. The zero-order valence-corrected chi connectivity index (χ0v) is 11.6. The molecule has 0 aliphatic carbocycles. The molecule has 3 N–H and O–H groups in total. The Morgan fingerprint density at radius 1 is 1.37 bits per heavy atom. The van der Waals surface area contributed by atoms with Gasteiger partial charge in [-0.2, -0.15) is 0 Å². The molecule has 0 bridgehead atoms. The summed E-state index contributed by atoms with van der Waals surface area (Å²) in [5.74, 6) is -1.11. The van der Waals surface area contributed by atoms with Gasteiger partial charge in [-0.3, -0.25) is 4.57 Å². The van der Waals surface area contributed by atoms with Crippen LogP contribution >= 0.6 is 8.46 Å². The van der Waals surface area contributed by atoms with Gasteiger partial charge in [-0.25, -0.2) is 4.79 Å². The molecule has 19 heavy (non-hydrogen) atoms. The van der Waals surface area contributed by atoms with Gasteiger partial charge in [-0.1, -0.05) is 0 Å². The SMILES string of the molecule is CCOC(OCC)(P=O)c1cc(C(=O)O)ccc1N. The predicted molar refractivity (Wildman–Crippen MR) is 70.4 cm³/mol. The summed E-state index contributed by atoms with van der Waals surface area (Å²) in [5, 5.41) is 9.00. The van der Waals surface area contributed by atoms with Gasteiger partial charge in [-0.15, -0.1) is 0 Å². The largest absolute Gasteiger partial charge is 0.478 e. The van der Waals surface area contributed by atoms with Crippen molar-refractivity contribution in [3.05, 3.63) is 29.3 Å². The van der Waals surface area contributed by atoms with E-state index >= 15 is 0 Å². The van der Waals surface area contributed by atoms with Crippen LogP contribution in [0.5, 0.6) is 0 Å². The van der Waals surface area contributed by atoms with Gasteiger partial charge >= 0.3 is 5.97 Å². The van der Waals surface area contributed by atoms with Gasteiger partial charge in [0.25, 0.3) is 5.53 Å². The number of nitrogens with two attached hydrogens (primary N) is 1. The number of benzene rings is 1. The zero-order chi connectivity index (χ0) is 14.5. The lowest BCUT2D eigenvalue weighted by Gasteiger charge is -2.28. The van der Waals surface area contributed by atoms with Crippen molar-refractivity contribution in [2.24, 2.45) is 0 Å². The molecular formula is C12H16NO5P. The summed E-state index contributed by atoms with van der Waals surface area (Å²) in [6, 6.07) is 4.11. The Morgan fingerprint density at radius 2 is 1.95 bits per heavy atom. The third kappa shape index (κ3) is 3.29. The molecule has 0 amide bonds. The minimum Gasteiger partial charge on any atom is -0.478 e. The fourth-order valence-electron chi connectivity index (χ4n) is 1.65. The van der Waals surface area contributed by atoms with E-state index in [4.69, 9.17) is 20.3 Å². The molecule has 0 spiro atoms. The van der Waals surface area contributed by atoms with Gasteiger partial charge < -0.3 is 20.3 Å². The number of rotatable bonds is 7. The van der Waals surface area contributed by atoms with Crippen LogP contribution < -0.4 is 5.73 Å². The summed E-state index contributed by atoms with van der Waals surface area (Å²) in [6.45, 7) is 3.92. The molecule has 0 saturated heterocycles. The molecule has 6 nitrogen and oxygen atoms in total. The standard InChI is InChI=1S/C12H16NO5P/c1-3-17-12(19-16,18-4-2)9-7-8(11(14)15)5-6-10(9)13/h5-7H,3-4,13H2,1-2H3,(H,14,15). The smallest absolute Gasteiger partial charge is 0.335 e. The quantitative estimate of drug-likeness (QED) is 0.453. The van der Waals surface area contributed by atoms with Crippen molar-refractivity contribution in [1.82, 2.24) is 0 Å². The zero-order valence-electron chi connectivity index (χ0n) is 10.8. The second-order valence-corrected chi connectivity index (χ2v) is 4.42. The first-order chi connectivity index (χ1) is 9.00. The van der Waals surface area contributed by atoms with Crippen LogP contribution in [0, 0.1) is 0 Å². The topological polar surface area (TPSA) is 98.8 Å². The fourth-order valence-corrected chi connectivity index (χ4v) is 2.31. The molecule has 7 heteroatoms. The highest BCUT2D eigenvalue weighted by atomic mass is 31.1. The lowest BCUT2D eigenvalue weighted by molar-refractivity contribution is -0.176. The van der Waals surface area contributed by atoms with Gasteiger partial charge in [0.15, 0.2) is 0 Å².